The van der Waals surface area contributed by atoms with Gasteiger partial charge in [0.1, 0.15) is 5.69 Å². The van der Waals surface area contributed by atoms with E-state index in [1.807, 2.05) is 11.4 Å². The number of aromatic amines is 2. The lowest BCUT2D eigenvalue weighted by atomic mass is 10.2. The fraction of sp³-hybridized carbons (Fsp3) is 0.0714. The molecule has 5 nitrogen and oxygen atoms in total. The molecule has 0 amide bonds. The minimum Gasteiger partial charge on any atom is -0.294 e. The van der Waals surface area contributed by atoms with E-state index in [9.17, 15) is 18.0 Å². The molecule has 0 unspecified atom stereocenters. The summed E-state index contributed by atoms with van der Waals surface area (Å²) in [5.74, 6) is 0. The second kappa shape index (κ2) is 5.84. The van der Waals surface area contributed by atoms with Crippen LogP contribution >= 0.6 is 11.3 Å². The quantitative estimate of drug-likeness (QED) is 0.657. The molecule has 0 saturated carbocycles. The molecule has 1 aromatic carbocycles. The van der Waals surface area contributed by atoms with Crippen molar-refractivity contribution in [3.63, 3.8) is 0 Å². The molecule has 3 rings (SSSR count). The molecule has 2 N–H and O–H groups in total. The summed E-state index contributed by atoms with van der Waals surface area (Å²) in [6, 6.07) is 7.84. The van der Waals surface area contributed by atoms with Crippen LogP contribution in [-0.4, -0.2) is 10.2 Å². The summed E-state index contributed by atoms with van der Waals surface area (Å²) in [6.45, 7) is 0. The highest BCUT2D eigenvalue weighted by Crippen LogP contribution is 2.32. The van der Waals surface area contributed by atoms with Crippen molar-refractivity contribution in [2.75, 3.05) is 0 Å². The van der Waals surface area contributed by atoms with Crippen molar-refractivity contribution in [2.45, 2.75) is 6.18 Å². The Kier molecular flexibility index (Phi) is 3.87. The van der Waals surface area contributed by atoms with Gasteiger partial charge in [-0.25, -0.2) is 0 Å². The van der Waals surface area contributed by atoms with Crippen molar-refractivity contribution in [1.29, 1.82) is 0 Å². The van der Waals surface area contributed by atoms with E-state index in [0.29, 0.717) is 5.69 Å². The Balaban J connectivity index is 1.89. The van der Waals surface area contributed by atoms with Crippen LogP contribution in [0.1, 0.15) is 5.56 Å². The minimum absolute atomic E-state index is 0.0762. The summed E-state index contributed by atoms with van der Waals surface area (Å²) < 4.78 is 37.5. The number of hydrogen-bond acceptors (Lipinski definition) is 4. The number of benzene rings is 1. The summed E-state index contributed by atoms with van der Waals surface area (Å²) in [5, 5.41) is 14.7. The molecule has 0 fully saturated rings. The van der Waals surface area contributed by atoms with Gasteiger partial charge in [-0.3, -0.25) is 15.0 Å². The molecular weight excluding hydrogens is 329 g/mol. The van der Waals surface area contributed by atoms with Gasteiger partial charge in [0.15, 0.2) is 5.69 Å². The van der Waals surface area contributed by atoms with Gasteiger partial charge >= 0.3 is 6.18 Å². The smallest absolute Gasteiger partial charge is 0.294 e. The van der Waals surface area contributed by atoms with Gasteiger partial charge in [-0.05, 0) is 35.7 Å². The first-order valence-corrected chi connectivity index (χ1v) is 7.26. The van der Waals surface area contributed by atoms with Crippen LogP contribution in [0.5, 0.6) is 0 Å². The molecule has 118 valence electrons. The van der Waals surface area contributed by atoms with Crippen molar-refractivity contribution in [3.8, 4) is 10.6 Å². The maximum absolute atomic E-state index is 12.5. The average Bonchev–Trinajstić information content (AvgIpc) is 3.14. The lowest BCUT2D eigenvalue weighted by molar-refractivity contribution is -0.137. The molecule has 0 spiro atoms. The number of azo groups is 1. The van der Waals surface area contributed by atoms with Crippen LogP contribution in [0.2, 0.25) is 0 Å². The fourth-order valence-corrected chi connectivity index (χ4v) is 2.60. The van der Waals surface area contributed by atoms with Gasteiger partial charge in [-0.1, -0.05) is 6.07 Å². The van der Waals surface area contributed by atoms with E-state index in [-0.39, 0.29) is 11.4 Å². The van der Waals surface area contributed by atoms with Gasteiger partial charge in [0, 0.05) is 0 Å². The van der Waals surface area contributed by atoms with Crippen molar-refractivity contribution in [3.05, 3.63) is 57.7 Å². The summed E-state index contributed by atoms with van der Waals surface area (Å²) in [5.41, 5.74) is -0.442. The fourth-order valence-electron chi connectivity index (χ4n) is 1.87. The molecule has 2 heterocycles. The van der Waals surface area contributed by atoms with Crippen LogP contribution in [0.25, 0.3) is 10.6 Å². The highest BCUT2D eigenvalue weighted by molar-refractivity contribution is 7.13. The van der Waals surface area contributed by atoms with E-state index in [2.05, 4.69) is 20.4 Å². The number of hydrogen-bond donors (Lipinski definition) is 2. The first-order chi connectivity index (χ1) is 10.9. The zero-order valence-electron chi connectivity index (χ0n) is 11.4. The second-order valence-electron chi connectivity index (χ2n) is 4.52. The zero-order chi connectivity index (χ0) is 16.4. The normalized spacial score (nSPS) is 12.1. The van der Waals surface area contributed by atoms with E-state index in [4.69, 9.17) is 0 Å². The van der Waals surface area contributed by atoms with Crippen LogP contribution in [0, 0.1) is 0 Å². The number of thiophene rings is 1. The third-order valence-electron chi connectivity index (χ3n) is 2.98. The van der Waals surface area contributed by atoms with Gasteiger partial charge < -0.3 is 0 Å². The van der Waals surface area contributed by atoms with Crippen molar-refractivity contribution >= 4 is 22.7 Å². The molecule has 0 aliphatic carbocycles. The van der Waals surface area contributed by atoms with Gasteiger partial charge in [0.2, 0.25) is 0 Å². The predicted molar refractivity (Wildman–Crippen MR) is 80.3 cm³/mol. The minimum atomic E-state index is -4.40. The number of nitrogens with zero attached hydrogens (tertiary/aromatic N) is 2. The molecule has 0 bridgehead atoms. The zero-order valence-corrected chi connectivity index (χ0v) is 12.2. The Labute approximate surface area is 131 Å². The van der Waals surface area contributed by atoms with Crippen molar-refractivity contribution < 1.29 is 13.2 Å². The van der Waals surface area contributed by atoms with Gasteiger partial charge in [0.25, 0.3) is 5.56 Å². The van der Waals surface area contributed by atoms with E-state index >= 15 is 0 Å². The second-order valence-corrected chi connectivity index (χ2v) is 5.47. The van der Waals surface area contributed by atoms with Gasteiger partial charge in [-0.15, -0.1) is 16.5 Å². The Bertz CT molecular complexity index is 876. The lowest BCUT2D eigenvalue weighted by Gasteiger charge is -2.05. The van der Waals surface area contributed by atoms with E-state index in [1.54, 1.807) is 6.07 Å². The molecule has 2 aromatic heterocycles. The van der Waals surface area contributed by atoms with Crippen LogP contribution in [0.4, 0.5) is 24.5 Å². The Hall–Kier alpha value is -2.68. The maximum Gasteiger partial charge on any atom is 0.416 e. The first kappa shape index (κ1) is 15.2. The number of alkyl halides is 3. The Morgan fingerprint density at radius 2 is 1.74 bits per heavy atom. The molecule has 0 saturated heterocycles. The molecule has 3 aromatic rings. The van der Waals surface area contributed by atoms with E-state index in [0.717, 1.165) is 17.0 Å². The first-order valence-electron chi connectivity index (χ1n) is 6.38. The van der Waals surface area contributed by atoms with E-state index in [1.165, 1.54) is 23.5 Å². The van der Waals surface area contributed by atoms with Crippen LogP contribution in [-0.2, 0) is 6.18 Å². The maximum atomic E-state index is 12.5. The summed E-state index contributed by atoms with van der Waals surface area (Å²) in [6.07, 6.45) is -4.40. The van der Waals surface area contributed by atoms with Gasteiger partial charge in [-0.2, -0.15) is 18.3 Å². The highest BCUT2D eigenvalue weighted by Gasteiger charge is 2.29. The van der Waals surface area contributed by atoms with Gasteiger partial charge in [0.05, 0.1) is 16.1 Å². The highest BCUT2D eigenvalue weighted by atomic mass is 32.1. The average molecular weight is 338 g/mol. The number of nitrogens with one attached hydrogen (secondary N) is 2. The van der Waals surface area contributed by atoms with Crippen molar-refractivity contribution in [2.24, 2.45) is 10.2 Å². The molecule has 9 heteroatoms. The van der Waals surface area contributed by atoms with Crippen LogP contribution in [0.3, 0.4) is 0 Å². The molecule has 0 aliphatic rings. The number of halogens is 3. The third-order valence-corrected chi connectivity index (χ3v) is 3.87. The summed E-state index contributed by atoms with van der Waals surface area (Å²) in [4.78, 5) is 12.6. The van der Waals surface area contributed by atoms with E-state index < -0.39 is 17.3 Å². The Morgan fingerprint density at radius 1 is 1.00 bits per heavy atom. The largest absolute Gasteiger partial charge is 0.416 e. The molecule has 0 atom stereocenters. The predicted octanol–water partition coefficient (Wildman–Crippen LogP) is 4.87. The standard InChI is InChI=1S/C14H9F3N4OS/c15-14(16,17)8-3-5-9(6-4-8)18-20-12-11(19-21-13(12)22)10-2-1-7-23-10/h1-7H,(H2,19,21,22). The topological polar surface area (TPSA) is 73.4 Å². The molecule has 0 radical (unpaired) electrons. The number of aromatic nitrogens is 2. The third kappa shape index (κ3) is 3.24. The lowest BCUT2D eigenvalue weighted by Crippen LogP contribution is -2.03. The molecular formula is C14H9F3N4OS. The SMILES string of the molecule is O=c1[nH][nH]c(-c2cccs2)c1N=Nc1ccc(C(F)(F)F)cc1. The Morgan fingerprint density at radius 3 is 2.35 bits per heavy atom. The number of rotatable bonds is 3. The summed E-state index contributed by atoms with van der Waals surface area (Å²) in [7, 11) is 0. The summed E-state index contributed by atoms with van der Waals surface area (Å²) >= 11 is 1.41. The van der Waals surface area contributed by atoms with Crippen molar-refractivity contribution in [1.82, 2.24) is 10.2 Å². The van der Waals surface area contributed by atoms with Crippen LogP contribution in [0.15, 0.2) is 56.8 Å². The van der Waals surface area contributed by atoms with Crippen LogP contribution < -0.4 is 5.56 Å². The molecule has 23 heavy (non-hydrogen) atoms. The monoisotopic (exact) mass is 338 g/mol. The molecule has 0 aliphatic heterocycles. The number of H-pyrrole nitrogens is 2.